The zero-order chi connectivity index (χ0) is 17.9. The van der Waals surface area contributed by atoms with E-state index >= 15 is 0 Å². The van der Waals surface area contributed by atoms with Gasteiger partial charge in [-0.1, -0.05) is 73.3 Å². The molecular weight excluding hydrogens is 314 g/mol. The van der Waals surface area contributed by atoms with Crippen LogP contribution in [-0.4, -0.2) is 18.5 Å². The minimum Gasteiger partial charge on any atom is -0.457 e. The fraction of sp³-hybridized carbons (Fsp3) is 0.0476. The normalized spacial score (nSPS) is 11.1. The molecule has 2 rings (SSSR count). The lowest BCUT2D eigenvalue weighted by atomic mass is 10.2. The van der Waals surface area contributed by atoms with E-state index in [1.165, 1.54) is 12.2 Å². The molecule has 0 atom stereocenters. The van der Waals surface area contributed by atoms with Crippen molar-refractivity contribution in [1.82, 2.24) is 5.32 Å². The van der Waals surface area contributed by atoms with Crippen molar-refractivity contribution in [2.24, 2.45) is 0 Å². The highest BCUT2D eigenvalue weighted by atomic mass is 16.5. The number of benzene rings is 2. The van der Waals surface area contributed by atoms with Crippen molar-refractivity contribution in [1.29, 1.82) is 0 Å². The van der Waals surface area contributed by atoms with Gasteiger partial charge in [-0.2, -0.15) is 0 Å². The monoisotopic (exact) mass is 333 g/mol. The van der Waals surface area contributed by atoms with Crippen molar-refractivity contribution in [2.75, 3.05) is 6.61 Å². The summed E-state index contributed by atoms with van der Waals surface area (Å²) in [4.78, 5) is 24.3. The van der Waals surface area contributed by atoms with E-state index in [9.17, 15) is 9.59 Å². The first kappa shape index (κ1) is 17.9. The van der Waals surface area contributed by atoms with E-state index in [2.05, 4.69) is 11.9 Å². The SMILES string of the molecule is C=CCOC(=O)C(=Cc1ccccc1)NC(=O)C=Cc1ccccc1. The van der Waals surface area contributed by atoms with Gasteiger partial charge >= 0.3 is 5.97 Å². The predicted molar refractivity (Wildman–Crippen MR) is 99.2 cm³/mol. The number of nitrogens with one attached hydrogen (secondary N) is 1. The molecule has 0 aliphatic heterocycles. The van der Waals surface area contributed by atoms with Crippen LogP contribution in [-0.2, 0) is 14.3 Å². The largest absolute Gasteiger partial charge is 0.457 e. The number of amides is 1. The molecule has 1 amide bonds. The zero-order valence-electron chi connectivity index (χ0n) is 13.7. The summed E-state index contributed by atoms with van der Waals surface area (Å²) < 4.78 is 5.03. The van der Waals surface area contributed by atoms with Crippen LogP contribution in [0.3, 0.4) is 0 Å². The van der Waals surface area contributed by atoms with Gasteiger partial charge in [0.25, 0.3) is 0 Å². The summed E-state index contributed by atoms with van der Waals surface area (Å²) in [5.41, 5.74) is 1.73. The van der Waals surface area contributed by atoms with Gasteiger partial charge in [0, 0.05) is 6.08 Å². The first-order valence-electron chi connectivity index (χ1n) is 7.78. The van der Waals surface area contributed by atoms with E-state index in [1.54, 1.807) is 12.2 Å². The highest BCUT2D eigenvalue weighted by molar-refractivity contribution is 6.02. The third kappa shape index (κ3) is 6.31. The third-order valence-corrected chi connectivity index (χ3v) is 3.15. The molecule has 0 heterocycles. The second-order valence-electron chi connectivity index (χ2n) is 5.09. The van der Waals surface area contributed by atoms with Crippen LogP contribution >= 0.6 is 0 Å². The predicted octanol–water partition coefficient (Wildman–Crippen LogP) is 3.59. The summed E-state index contributed by atoms with van der Waals surface area (Å²) in [6.07, 6.45) is 6.08. The Morgan fingerprint density at radius 2 is 1.56 bits per heavy atom. The Balaban J connectivity index is 2.13. The van der Waals surface area contributed by atoms with Crippen molar-refractivity contribution in [3.8, 4) is 0 Å². The minimum absolute atomic E-state index is 0.0655. The molecule has 1 N–H and O–H groups in total. The Morgan fingerprint density at radius 1 is 0.960 bits per heavy atom. The fourth-order valence-electron chi connectivity index (χ4n) is 1.98. The molecule has 0 fully saturated rings. The molecule has 0 unspecified atom stereocenters. The lowest BCUT2D eigenvalue weighted by Gasteiger charge is -2.08. The number of rotatable bonds is 7. The second kappa shape index (κ2) is 9.67. The third-order valence-electron chi connectivity index (χ3n) is 3.15. The number of esters is 1. The molecule has 0 aliphatic rings. The van der Waals surface area contributed by atoms with Crippen LogP contribution in [0.2, 0.25) is 0 Å². The minimum atomic E-state index is -0.620. The fourth-order valence-corrected chi connectivity index (χ4v) is 1.98. The van der Waals surface area contributed by atoms with Crippen molar-refractivity contribution in [3.05, 3.63) is 96.2 Å². The van der Waals surface area contributed by atoms with Crippen LogP contribution in [0, 0.1) is 0 Å². The van der Waals surface area contributed by atoms with Crippen molar-refractivity contribution < 1.29 is 14.3 Å². The van der Waals surface area contributed by atoms with Crippen LogP contribution in [0.15, 0.2) is 85.1 Å². The molecule has 126 valence electrons. The van der Waals surface area contributed by atoms with Gasteiger partial charge in [-0.25, -0.2) is 4.79 Å². The maximum absolute atomic E-state index is 12.1. The molecule has 4 nitrogen and oxygen atoms in total. The van der Waals surface area contributed by atoms with Crippen LogP contribution in [0.5, 0.6) is 0 Å². The van der Waals surface area contributed by atoms with Crippen molar-refractivity contribution >= 4 is 24.0 Å². The molecule has 0 saturated carbocycles. The molecular formula is C21H19NO3. The zero-order valence-corrected chi connectivity index (χ0v) is 13.7. The van der Waals surface area contributed by atoms with Crippen LogP contribution < -0.4 is 5.32 Å². The van der Waals surface area contributed by atoms with Crippen LogP contribution in [0.25, 0.3) is 12.2 Å². The van der Waals surface area contributed by atoms with Gasteiger partial charge in [0.1, 0.15) is 12.3 Å². The maximum atomic E-state index is 12.1. The number of hydrogen-bond donors (Lipinski definition) is 1. The number of carbonyl (C=O) groups excluding carboxylic acids is 2. The van der Waals surface area contributed by atoms with Gasteiger partial charge < -0.3 is 10.1 Å². The van der Waals surface area contributed by atoms with E-state index in [0.29, 0.717) is 0 Å². The Morgan fingerprint density at radius 3 is 2.16 bits per heavy atom. The molecule has 0 saturated heterocycles. The first-order valence-corrected chi connectivity index (χ1v) is 7.78. The summed E-state index contributed by atoms with van der Waals surface area (Å²) in [5.74, 6) is -1.04. The van der Waals surface area contributed by atoms with Gasteiger partial charge in [0.05, 0.1) is 0 Å². The molecule has 4 heteroatoms. The standard InChI is InChI=1S/C21H19NO3/c1-2-15-25-21(24)19(16-18-11-7-4-8-12-18)22-20(23)14-13-17-9-5-3-6-10-17/h2-14,16H,1,15H2,(H,22,23). The van der Waals surface area contributed by atoms with Gasteiger partial charge in [-0.15, -0.1) is 0 Å². The van der Waals surface area contributed by atoms with Gasteiger partial charge in [-0.3, -0.25) is 4.79 Å². The number of carbonyl (C=O) groups is 2. The van der Waals surface area contributed by atoms with Gasteiger partial charge in [-0.05, 0) is 23.3 Å². The summed E-state index contributed by atoms with van der Waals surface area (Å²) >= 11 is 0. The Bertz CT molecular complexity index is 777. The van der Waals surface area contributed by atoms with Crippen LogP contribution in [0.4, 0.5) is 0 Å². The summed E-state index contributed by atoms with van der Waals surface area (Å²) in [5, 5.41) is 2.57. The molecule has 2 aromatic rings. The summed E-state index contributed by atoms with van der Waals surface area (Å²) in [6.45, 7) is 3.57. The molecule has 0 aromatic heterocycles. The molecule has 25 heavy (non-hydrogen) atoms. The molecule has 0 spiro atoms. The molecule has 0 aliphatic carbocycles. The van der Waals surface area contributed by atoms with E-state index in [1.807, 2.05) is 60.7 Å². The highest BCUT2D eigenvalue weighted by Gasteiger charge is 2.13. The quantitative estimate of drug-likeness (QED) is 0.479. The number of hydrogen-bond acceptors (Lipinski definition) is 3. The lowest BCUT2D eigenvalue weighted by molar-refractivity contribution is -0.139. The highest BCUT2D eigenvalue weighted by Crippen LogP contribution is 2.07. The van der Waals surface area contributed by atoms with E-state index in [-0.39, 0.29) is 12.3 Å². The van der Waals surface area contributed by atoms with Crippen LogP contribution in [0.1, 0.15) is 11.1 Å². The average Bonchev–Trinajstić information content (AvgIpc) is 2.65. The molecule has 0 bridgehead atoms. The maximum Gasteiger partial charge on any atom is 0.355 e. The molecule has 2 aromatic carbocycles. The van der Waals surface area contributed by atoms with E-state index in [4.69, 9.17) is 4.74 Å². The number of ether oxygens (including phenoxy) is 1. The first-order chi connectivity index (χ1) is 12.2. The Kier molecular flexibility index (Phi) is 6.95. The molecule has 0 radical (unpaired) electrons. The van der Waals surface area contributed by atoms with Gasteiger partial charge in [0.15, 0.2) is 0 Å². The summed E-state index contributed by atoms with van der Waals surface area (Å²) in [7, 11) is 0. The Labute approximate surface area is 147 Å². The van der Waals surface area contributed by atoms with Gasteiger partial charge in [0.2, 0.25) is 5.91 Å². The summed E-state index contributed by atoms with van der Waals surface area (Å²) in [6, 6.07) is 18.6. The lowest BCUT2D eigenvalue weighted by Crippen LogP contribution is -2.27. The van der Waals surface area contributed by atoms with Crippen molar-refractivity contribution in [3.63, 3.8) is 0 Å². The average molecular weight is 333 g/mol. The second-order valence-corrected chi connectivity index (χ2v) is 5.09. The van der Waals surface area contributed by atoms with E-state index < -0.39 is 11.9 Å². The topological polar surface area (TPSA) is 55.4 Å². The Hall–Kier alpha value is -3.40. The van der Waals surface area contributed by atoms with E-state index in [0.717, 1.165) is 11.1 Å². The smallest absolute Gasteiger partial charge is 0.355 e. The van der Waals surface area contributed by atoms with Crippen molar-refractivity contribution in [2.45, 2.75) is 0 Å².